The summed E-state index contributed by atoms with van der Waals surface area (Å²) in [5.74, 6) is 0.755. The second kappa shape index (κ2) is 10.6. The molecule has 1 amide bonds. The Morgan fingerprint density at radius 1 is 1.22 bits per heavy atom. The second-order valence-electron chi connectivity index (χ2n) is 8.17. The molecule has 1 aliphatic rings. The zero-order valence-electron chi connectivity index (χ0n) is 18.8. The van der Waals surface area contributed by atoms with E-state index in [4.69, 9.17) is 9.47 Å². The second-order valence-corrected chi connectivity index (χ2v) is 10.2. The van der Waals surface area contributed by atoms with Crippen LogP contribution >= 0.6 is 22.7 Å². The zero-order valence-corrected chi connectivity index (χ0v) is 20.4. The van der Waals surface area contributed by atoms with Crippen molar-refractivity contribution in [2.24, 2.45) is 0 Å². The molecular weight excluding hydrogens is 444 g/mol. The highest BCUT2D eigenvalue weighted by Crippen LogP contribution is 2.33. The monoisotopic (exact) mass is 474 g/mol. The molecule has 0 radical (unpaired) electrons. The first-order valence-corrected chi connectivity index (χ1v) is 12.5. The van der Waals surface area contributed by atoms with Gasteiger partial charge in [0.2, 0.25) is 0 Å². The minimum atomic E-state index is -0.0731. The molecule has 3 aromatic rings. The predicted octanol–water partition coefficient (Wildman–Crippen LogP) is 3.84. The number of carbonyl (C=O) groups is 1. The third kappa shape index (κ3) is 5.78. The SMILES string of the molecule is CN(C)c1nc2sc(C(=O)NCc3cccc(OCCN(C)C4CCOCC4)c3)cc2s1. The Morgan fingerprint density at radius 2 is 2.03 bits per heavy atom. The fraction of sp³-hybridized carbons (Fsp3) is 0.478. The molecule has 2 aromatic heterocycles. The van der Waals surface area contributed by atoms with Crippen LogP contribution in [0.3, 0.4) is 0 Å². The maximum atomic E-state index is 12.6. The Kier molecular flexibility index (Phi) is 7.62. The van der Waals surface area contributed by atoms with Crippen molar-refractivity contribution in [3.63, 3.8) is 0 Å². The molecule has 32 heavy (non-hydrogen) atoms. The van der Waals surface area contributed by atoms with Crippen molar-refractivity contribution in [3.05, 3.63) is 40.8 Å². The lowest BCUT2D eigenvalue weighted by molar-refractivity contribution is 0.0392. The summed E-state index contributed by atoms with van der Waals surface area (Å²) in [6, 6.07) is 10.4. The number of nitrogens with zero attached hydrogens (tertiary/aromatic N) is 3. The maximum Gasteiger partial charge on any atom is 0.261 e. The molecule has 3 heterocycles. The largest absolute Gasteiger partial charge is 0.492 e. The van der Waals surface area contributed by atoms with E-state index in [-0.39, 0.29) is 5.91 Å². The van der Waals surface area contributed by atoms with E-state index in [9.17, 15) is 4.79 Å². The van der Waals surface area contributed by atoms with Crippen molar-refractivity contribution in [1.29, 1.82) is 0 Å². The maximum absolute atomic E-state index is 12.6. The lowest BCUT2D eigenvalue weighted by Gasteiger charge is -2.31. The van der Waals surface area contributed by atoms with Crippen LogP contribution in [0.2, 0.25) is 0 Å². The predicted molar refractivity (Wildman–Crippen MR) is 131 cm³/mol. The molecule has 0 aliphatic carbocycles. The average Bonchev–Trinajstić information content (AvgIpc) is 3.38. The van der Waals surface area contributed by atoms with Gasteiger partial charge in [-0.05, 0) is 43.7 Å². The topological polar surface area (TPSA) is 66.9 Å². The van der Waals surface area contributed by atoms with Crippen LogP contribution in [-0.2, 0) is 11.3 Å². The van der Waals surface area contributed by atoms with Gasteiger partial charge in [0.05, 0.1) is 9.58 Å². The van der Waals surface area contributed by atoms with Crippen LogP contribution in [0.4, 0.5) is 5.13 Å². The zero-order chi connectivity index (χ0) is 22.5. The molecule has 4 rings (SSSR count). The molecule has 9 heteroatoms. The van der Waals surface area contributed by atoms with Crippen molar-refractivity contribution in [1.82, 2.24) is 15.2 Å². The molecule has 1 saturated heterocycles. The van der Waals surface area contributed by atoms with Gasteiger partial charge in [-0.3, -0.25) is 9.69 Å². The number of fused-ring (bicyclic) bond motifs is 1. The number of hydrogen-bond acceptors (Lipinski definition) is 8. The van der Waals surface area contributed by atoms with E-state index in [1.165, 1.54) is 11.3 Å². The lowest BCUT2D eigenvalue weighted by atomic mass is 10.1. The first-order valence-electron chi connectivity index (χ1n) is 10.8. The minimum absolute atomic E-state index is 0.0731. The highest BCUT2D eigenvalue weighted by molar-refractivity contribution is 7.29. The quantitative estimate of drug-likeness (QED) is 0.508. The number of thiazole rings is 1. The van der Waals surface area contributed by atoms with E-state index >= 15 is 0 Å². The number of rotatable bonds is 9. The van der Waals surface area contributed by atoms with Crippen molar-refractivity contribution in [3.8, 4) is 5.75 Å². The van der Waals surface area contributed by atoms with E-state index in [0.29, 0.717) is 24.1 Å². The third-order valence-corrected chi connectivity index (χ3v) is 7.89. The molecule has 1 aromatic carbocycles. The Morgan fingerprint density at radius 3 is 2.78 bits per heavy atom. The van der Waals surface area contributed by atoms with Crippen LogP contribution in [0.25, 0.3) is 9.53 Å². The van der Waals surface area contributed by atoms with E-state index in [1.54, 1.807) is 11.3 Å². The van der Waals surface area contributed by atoms with Gasteiger partial charge in [-0.2, -0.15) is 0 Å². The van der Waals surface area contributed by atoms with Crippen molar-refractivity contribution in [2.75, 3.05) is 52.4 Å². The summed E-state index contributed by atoms with van der Waals surface area (Å²) in [6.07, 6.45) is 2.17. The third-order valence-electron chi connectivity index (χ3n) is 5.56. The summed E-state index contributed by atoms with van der Waals surface area (Å²) in [6.45, 7) is 3.67. The lowest BCUT2D eigenvalue weighted by Crippen LogP contribution is -2.38. The summed E-state index contributed by atoms with van der Waals surface area (Å²) < 4.78 is 12.4. The van der Waals surface area contributed by atoms with Crippen LogP contribution in [0.5, 0.6) is 5.75 Å². The fourth-order valence-corrected chi connectivity index (χ4v) is 5.71. The number of carbonyl (C=O) groups excluding carboxylic acids is 1. The van der Waals surface area contributed by atoms with E-state index in [1.807, 2.05) is 49.3 Å². The first kappa shape index (κ1) is 23.0. The van der Waals surface area contributed by atoms with Gasteiger partial charge < -0.3 is 19.7 Å². The van der Waals surface area contributed by atoms with Crippen molar-refractivity contribution >= 4 is 43.2 Å². The molecule has 0 unspecified atom stereocenters. The summed E-state index contributed by atoms with van der Waals surface area (Å²) in [4.78, 5) is 23.1. The molecule has 0 saturated carbocycles. The number of aromatic nitrogens is 1. The summed E-state index contributed by atoms with van der Waals surface area (Å²) in [5, 5.41) is 3.96. The summed E-state index contributed by atoms with van der Waals surface area (Å²) in [7, 11) is 6.09. The number of benzene rings is 1. The minimum Gasteiger partial charge on any atom is -0.492 e. The number of likely N-dealkylation sites (N-methyl/N-ethyl adjacent to an activating group) is 1. The van der Waals surface area contributed by atoms with Gasteiger partial charge >= 0.3 is 0 Å². The van der Waals surface area contributed by atoms with Gasteiger partial charge in [0, 0.05) is 46.4 Å². The Bertz CT molecular complexity index is 1010. The molecule has 0 atom stereocenters. The molecular formula is C23H30N4O3S2. The average molecular weight is 475 g/mol. The molecule has 7 nitrogen and oxygen atoms in total. The van der Waals surface area contributed by atoms with Gasteiger partial charge in [-0.1, -0.05) is 23.5 Å². The van der Waals surface area contributed by atoms with Gasteiger partial charge in [0.1, 0.15) is 17.2 Å². The van der Waals surface area contributed by atoms with E-state index < -0.39 is 0 Å². The van der Waals surface area contributed by atoms with Crippen LogP contribution in [0.15, 0.2) is 30.3 Å². The highest BCUT2D eigenvalue weighted by Gasteiger charge is 2.18. The summed E-state index contributed by atoms with van der Waals surface area (Å²) in [5.41, 5.74) is 1.01. The number of ether oxygens (including phenoxy) is 2. The molecule has 1 N–H and O–H groups in total. The number of nitrogens with one attached hydrogen (secondary N) is 1. The van der Waals surface area contributed by atoms with Crippen LogP contribution in [0, 0.1) is 0 Å². The van der Waals surface area contributed by atoms with E-state index in [2.05, 4.69) is 22.2 Å². The standard InChI is InChI=1S/C23H30N4O3S2/c1-26(2)23-25-22-20(32-23)14-19(31-22)21(28)24-15-16-5-4-6-18(13-16)30-12-9-27(3)17-7-10-29-11-8-17/h4-6,13-14,17H,7-12,15H2,1-3H3,(H,24,28). The van der Waals surface area contributed by atoms with Gasteiger partial charge in [-0.15, -0.1) is 11.3 Å². The molecule has 1 aliphatic heterocycles. The fourth-order valence-electron chi connectivity index (χ4n) is 3.66. The van der Waals surface area contributed by atoms with Gasteiger partial charge in [0.15, 0.2) is 5.13 Å². The number of amides is 1. The molecule has 1 fully saturated rings. The smallest absolute Gasteiger partial charge is 0.261 e. The van der Waals surface area contributed by atoms with Crippen molar-refractivity contribution < 1.29 is 14.3 Å². The molecule has 172 valence electrons. The first-order chi connectivity index (χ1) is 15.5. The Labute approximate surface area is 197 Å². The van der Waals surface area contributed by atoms with Crippen LogP contribution in [0.1, 0.15) is 28.1 Å². The summed E-state index contributed by atoms with van der Waals surface area (Å²) >= 11 is 3.03. The number of anilines is 1. The van der Waals surface area contributed by atoms with Gasteiger partial charge in [0.25, 0.3) is 5.91 Å². The van der Waals surface area contributed by atoms with Gasteiger partial charge in [-0.25, -0.2) is 4.98 Å². The molecule has 0 bridgehead atoms. The Balaban J connectivity index is 1.26. The number of hydrogen-bond donors (Lipinski definition) is 1. The Hall–Kier alpha value is -2.20. The van der Waals surface area contributed by atoms with Crippen LogP contribution in [-0.4, -0.2) is 69.3 Å². The normalized spacial score (nSPS) is 14.8. The van der Waals surface area contributed by atoms with Crippen LogP contribution < -0.4 is 15.0 Å². The highest BCUT2D eigenvalue weighted by atomic mass is 32.1. The van der Waals surface area contributed by atoms with E-state index in [0.717, 1.165) is 58.6 Å². The number of thiophene rings is 1. The molecule has 0 spiro atoms. The van der Waals surface area contributed by atoms with Crippen molar-refractivity contribution in [2.45, 2.75) is 25.4 Å².